The van der Waals surface area contributed by atoms with E-state index in [1.165, 1.54) is 0 Å². The number of hydrogen-bond donors (Lipinski definition) is 1. The molecular weight excluding hydrogens is 278 g/mol. The Morgan fingerprint density at radius 2 is 2.00 bits per heavy atom. The van der Waals surface area contributed by atoms with E-state index in [2.05, 4.69) is 10.3 Å². The van der Waals surface area contributed by atoms with Crippen LogP contribution in [0.2, 0.25) is 0 Å². The first-order valence-electron chi connectivity index (χ1n) is 7.14. The summed E-state index contributed by atoms with van der Waals surface area (Å²) < 4.78 is 6.93. The van der Waals surface area contributed by atoms with E-state index < -0.39 is 0 Å². The van der Waals surface area contributed by atoms with E-state index in [4.69, 9.17) is 4.74 Å². The Kier molecular flexibility index (Phi) is 3.78. The minimum absolute atomic E-state index is 0.166. The van der Waals surface area contributed by atoms with E-state index >= 15 is 0 Å². The molecule has 1 N–H and O–H groups in total. The number of carbonyl (C=O) groups is 1. The Morgan fingerprint density at radius 1 is 1.23 bits per heavy atom. The van der Waals surface area contributed by atoms with E-state index in [-0.39, 0.29) is 5.91 Å². The summed E-state index contributed by atoms with van der Waals surface area (Å²) in [5.41, 5.74) is 2.86. The molecule has 0 saturated heterocycles. The number of rotatable bonds is 4. The van der Waals surface area contributed by atoms with Gasteiger partial charge in [0.1, 0.15) is 17.1 Å². The SMILES string of the molecule is CCc1nc2ccccn2c1C(=O)Nc1ccc(OC)cc1. The van der Waals surface area contributed by atoms with Gasteiger partial charge in [-0.3, -0.25) is 9.20 Å². The number of imidazole rings is 1. The summed E-state index contributed by atoms with van der Waals surface area (Å²) in [4.78, 5) is 17.1. The minimum Gasteiger partial charge on any atom is -0.497 e. The predicted molar refractivity (Wildman–Crippen MR) is 85.5 cm³/mol. The number of benzene rings is 1. The molecule has 0 aliphatic rings. The molecule has 1 amide bonds. The lowest BCUT2D eigenvalue weighted by Gasteiger charge is -2.07. The molecule has 0 saturated carbocycles. The molecule has 0 fully saturated rings. The number of nitrogens with zero attached hydrogens (tertiary/aromatic N) is 2. The van der Waals surface area contributed by atoms with Crippen molar-refractivity contribution < 1.29 is 9.53 Å². The zero-order chi connectivity index (χ0) is 15.5. The lowest BCUT2D eigenvalue weighted by molar-refractivity contribution is 0.102. The molecule has 0 spiro atoms. The molecule has 112 valence electrons. The first-order chi connectivity index (χ1) is 10.7. The van der Waals surface area contributed by atoms with Crippen molar-refractivity contribution in [1.29, 1.82) is 0 Å². The van der Waals surface area contributed by atoms with E-state index in [1.54, 1.807) is 7.11 Å². The van der Waals surface area contributed by atoms with Gasteiger partial charge in [-0.15, -0.1) is 0 Å². The number of pyridine rings is 1. The van der Waals surface area contributed by atoms with Crippen LogP contribution in [0.3, 0.4) is 0 Å². The number of anilines is 1. The maximum atomic E-state index is 12.6. The van der Waals surface area contributed by atoms with Gasteiger partial charge in [0.2, 0.25) is 0 Å². The molecule has 0 aliphatic carbocycles. The topological polar surface area (TPSA) is 55.6 Å². The standard InChI is InChI=1S/C17H17N3O2/c1-3-14-16(20-11-5-4-6-15(20)19-14)17(21)18-12-7-9-13(22-2)10-8-12/h4-11H,3H2,1-2H3,(H,18,21). The number of nitrogens with one attached hydrogen (secondary N) is 1. The normalized spacial score (nSPS) is 10.6. The first-order valence-corrected chi connectivity index (χ1v) is 7.14. The monoisotopic (exact) mass is 295 g/mol. The summed E-state index contributed by atoms with van der Waals surface area (Å²) in [6, 6.07) is 12.9. The van der Waals surface area contributed by atoms with Crippen molar-refractivity contribution in [2.24, 2.45) is 0 Å². The maximum absolute atomic E-state index is 12.6. The second-order valence-corrected chi connectivity index (χ2v) is 4.87. The van der Waals surface area contributed by atoms with Gasteiger partial charge in [-0.2, -0.15) is 0 Å². The molecule has 22 heavy (non-hydrogen) atoms. The summed E-state index contributed by atoms with van der Waals surface area (Å²) in [7, 11) is 1.61. The third-order valence-electron chi connectivity index (χ3n) is 3.50. The smallest absolute Gasteiger partial charge is 0.274 e. The number of aromatic nitrogens is 2. The fourth-order valence-corrected chi connectivity index (χ4v) is 2.40. The van der Waals surface area contributed by atoms with Gasteiger partial charge in [0.15, 0.2) is 0 Å². The lowest BCUT2D eigenvalue weighted by atomic mass is 10.2. The number of ether oxygens (including phenoxy) is 1. The van der Waals surface area contributed by atoms with Crippen molar-refractivity contribution in [2.45, 2.75) is 13.3 Å². The Hall–Kier alpha value is -2.82. The molecule has 1 aromatic carbocycles. The molecule has 3 rings (SSSR count). The van der Waals surface area contributed by atoms with Crippen LogP contribution in [-0.2, 0) is 6.42 Å². The van der Waals surface area contributed by atoms with Crippen molar-refractivity contribution in [3.63, 3.8) is 0 Å². The van der Waals surface area contributed by atoms with Gasteiger partial charge in [0.05, 0.1) is 12.8 Å². The second-order valence-electron chi connectivity index (χ2n) is 4.87. The van der Waals surface area contributed by atoms with Crippen molar-refractivity contribution in [1.82, 2.24) is 9.38 Å². The van der Waals surface area contributed by atoms with Crippen molar-refractivity contribution >= 4 is 17.2 Å². The van der Waals surface area contributed by atoms with Crippen LogP contribution in [0.5, 0.6) is 5.75 Å². The van der Waals surface area contributed by atoms with Crippen LogP contribution in [0.4, 0.5) is 5.69 Å². The molecule has 0 aliphatic heterocycles. The molecule has 2 heterocycles. The highest BCUT2D eigenvalue weighted by Crippen LogP contribution is 2.18. The molecule has 5 nitrogen and oxygen atoms in total. The zero-order valence-corrected chi connectivity index (χ0v) is 12.5. The highest BCUT2D eigenvalue weighted by atomic mass is 16.5. The number of amides is 1. The summed E-state index contributed by atoms with van der Waals surface area (Å²) in [6.45, 7) is 1.99. The summed E-state index contributed by atoms with van der Waals surface area (Å²) in [5, 5.41) is 2.91. The van der Waals surface area contributed by atoms with Gasteiger partial charge in [0, 0.05) is 11.9 Å². The van der Waals surface area contributed by atoms with E-state index in [0.717, 1.165) is 22.8 Å². The fraction of sp³-hybridized carbons (Fsp3) is 0.176. The van der Waals surface area contributed by atoms with E-state index in [0.29, 0.717) is 12.1 Å². The molecule has 0 unspecified atom stereocenters. The van der Waals surface area contributed by atoms with Crippen molar-refractivity contribution in [2.75, 3.05) is 12.4 Å². The quantitative estimate of drug-likeness (QED) is 0.804. The zero-order valence-electron chi connectivity index (χ0n) is 12.5. The number of fused-ring (bicyclic) bond motifs is 1. The molecule has 0 bridgehead atoms. The van der Waals surface area contributed by atoms with Crippen LogP contribution in [0, 0.1) is 0 Å². The summed E-state index contributed by atoms with van der Waals surface area (Å²) in [6.07, 6.45) is 2.55. The van der Waals surface area contributed by atoms with Gasteiger partial charge >= 0.3 is 0 Å². The van der Waals surface area contributed by atoms with Crippen LogP contribution in [0.25, 0.3) is 5.65 Å². The van der Waals surface area contributed by atoms with E-state index in [1.807, 2.05) is 60.0 Å². The molecule has 0 atom stereocenters. The highest BCUT2D eigenvalue weighted by molar-refractivity contribution is 6.04. The Balaban J connectivity index is 1.94. The average Bonchev–Trinajstić information content (AvgIpc) is 2.94. The summed E-state index contributed by atoms with van der Waals surface area (Å²) in [5.74, 6) is 0.586. The molecule has 2 aromatic heterocycles. The van der Waals surface area contributed by atoms with Crippen LogP contribution in [-0.4, -0.2) is 22.4 Å². The number of hydrogen-bond acceptors (Lipinski definition) is 3. The number of carbonyl (C=O) groups excluding carboxylic acids is 1. The van der Waals surface area contributed by atoms with Gasteiger partial charge in [-0.25, -0.2) is 4.98 Å². The van der Waals surface area contributed by atoms with Crippen molar-refractivity contribution in [3.05, 3.63) is 60.0 Å². The Bertz CT molecular complexity index is 806. The average molecular weight is 295 g/mol. The third-order valence-corrected chi connectivity index (χ3v) is 3.50. The molecule has 3 aromatic rings. The van der Waals surface area contributed by atoms with Crippen LogP contribution >= 0.6 is 0 Å². The second kappa shape index (κ2) is 5.89. The van der Waals surface area contributed by atoms with Gasteiger partial charge < -0.3 is 10.1 Å². The van der Waals surface area contributed by atoms with Crippen LogP contribution in [0.1, 0.15) is 23.1 Å². The van der Waals surface area contributed by atoms with Gasteiger partial charge in [-0.1, -0.05) is 13.0 Å². The predicted octanol–water partition coefficient (Wildman–Crippen LogP) is 3.16. The van der Waals surface area contributed by atoms with E-state index in [9.17, 15) is 4.79 Å². The number of methoxy groups -OCH3 is 1. The first kappa shape index (κ1) is 14.1. The van der Waals surface area contributed by atoms with Gasteiger partial charge in [0.25, 0.3) is 5.91 Å². The molecule has 5 heteroatoms. The summed E-state index contributed by atoms with van der Waals surface area (Å²) >= 11 is 0. The third kappa shape index (κ3) is 2.53. The van der Waals surface area contributed by atoms with Crippen molar-refractivity contribution in [3.8, 4) is 5.75 Å². The largest absolute Gasteiger partial charge is 0.497 e. The number of aryl methyl sites for hydroxylation is 1. The lowest BCUT2D eigenvalue weighted by Crippen LogP contribution is -2.16. The van der Waals surface area contributed by atoms with Crippen LogP contribution < -0.4 is 10.1 Å². The highest BCUT2D eigenvalue weighted by Gasteiger charge is 2.17. The molecular formula is C17H17N3O2. The Labute approximate surface area is 128 Å². The maximum Gasteiger partial charge on any atom is 0.274 e. The minimum atomic E-state index is -0.166. The Morgan fingerprint density at radius 3 is 2.68 bits per heavy atom. The van der Waals surface area contributed by atoms with Gasteiger partial charge in [-0.05, 0) is 42.8 Å². The molecule has 0 radical (unpaired) electrons. The van der Waals surface area contributed by atoms with Crippen LogP contribution in [0.15, 0.2) is 48.7 Å². The fourth-order valence-electron chi connectivity index (χ4n) is 2.40.